The maximum Gasteiger partial charge on any atom is 2.00 e. The van der Waals surface area contributed by atoms with Crippen LogP contribution in [-0.2, 0) is 47.7 Å². The van der Waals surface area contributed by atoms with E-state index < -0.39 is 76.3 Å². The molecule has 0 saturated heterocycles. The molecule has 0 amide bonds. The number of carboxylic acid groups (broad SMARTS) is 19. The third-order valence-corrected chi connectivity index (χ3v) is 1.37. The molecular weight excluding hydrogens is 866 g/mol. The summed E-state index contributed by atoms with van der Waals surface area (Å²) >= 11 is 0. The first-order valence-corrected chi connectivity index (χ1v) is 8.67. The molecule has 0 aliphatic heterocycles. The summed E-state index contributed by atoms with van der Waals surface area (Å²) in [4.78, 5) is 97.5. The summed E-state index contributed by atoms with van der Waals surface area (Å²) < 4.78 is 10.9. The van der Waals surface area contributed by atoms with Crippen LogP contribution in [0.15, 0.2) is 0 Å². The fourth-order valence-corrected chi connectivity index (χ4v) is 0.742. The van der Waals surface area contributed by atoms with E-state index in [1.54, 1.807) is 0 Å². The summed E-state index contributed by atoms with van der Waals surface area (Å²) in [7, 11) is -2.98. The summed E-state index contributed by atoms with van der Waals surface area (Å²) in [5.74, 6) is 0. The predicted octanol–water partition coefficient (Wildman–Crippen LogP) is -3.03. The molecule has 0 aliphatic rings. The van der Waals surface area contributed by atoms with E-state index in [1.807, 2.05) is 0 Å². The third-order valence-electron chi connectivity index (χ3n) is 0.458. The molecule has 0 bridgehead atoms. The summed E-state index contributed by atoms with van der Waals surface area (Å²) in [6.07, 6.45) is -21.4. The van der Waals surface area contributed by atoms with Crippen molar-refractivity contribution in [1.29, 1.82) is 0 Å². The first-order valence-electron chi connectivity index (χ1n) is 7.58. The molecule has 281 valence electrons. The average molecular weight is 881 g/mol. The van der Waals surface area contributed by atoms with Gasteiger partial charge in [0.2, 0.25) is 24.6 Å². The van der Waals surface area contributed by atoms with E-state index in [-0.39, 0.29) is 94.9 Å². The van der Waals surface area contributed by atoms with Crippen LogP contribution in [0.4, 0.5) is 52.7 Å². The van der Waals surface area contributed by atoms with Crippen LogP contribution in [0, 0.1) is 0 Å². The molecule has 0 aromatic rings. The van der Waals surface area contributed by atoms with Crippen molar-refractivity contribution in [1.82, 2.24) is 0 Å². The van der Waals surface area contributed by atoms with E-state index in [0.29, 0.717) is 0 Å². The molecule has 0 aliphatic carbocycles. The van der Waals surface area contributed by atoms with Crippen molar-refractivity contribution < 1.29 is 197 Å². The van der Waals surface area contributed by atoms with Crippen molar-refractivity contribution in [3.05, 3.63) is 0 Å². The van der Waals surface area contributed by atoms with Gasteiger partial charge in [-0.1, -0.05) is 0 Å². The van der Waals surface area contributed by atoms with Gasteiger partial charge < -0.3 is 130 Å². The van der Waals surface area contributed by atoms with Crippen LogP contribution < -0.4 is 20.4 Å². The fourth-order valence-electron chi connectivity index (χ4n) is 0.247. The van der Waals surface area contributed by atoms with E-state index in [4.69, 9.17) is 135 Å². The SMILES string of the molecule is O=C(O)O.O=C(O)O.O=C(O)O.O=C(O)O.O=C(O)OP(OC(=O)O)OC(=O)O.O=C([O-])O.O=C([O-])O.O=C([O-])O.O=C([O-])O.[Ca+2].[Fe].[Mg+2].[Mn]. The van der Waals surface area contributed by atoms with Crippen LogP contribution in [0.3, 0.4) is 0 Å². The Morgan fingerprint density at radius 2 is 0.429 bits per heavy atom. The minimum Gasteiger partial charge on any atom is -0.565 e. The second-order valence-corrected chi connectivity index (χ2v) is 4.48. The molecule has 49 heavy (non-hydrogen) atoms. The second-order valence-electron chi connectivity index (χ2n) is 3.49. The summed E-state index contributed by atoms with van der Waals surface area (Å²) in [6, 6.07) is 0. The number of hydrogen-bond donors (Lipinski definition) is 15. The van der Waals surface area contributed by atoms with Crippen molar-refractivity contribution in [2.75, 3.05) is 0 Å². The predicted molar refractivity (Wildman–Crippen MR) is 120 cm³/mol. The largest absolute Gasteiger partial charge is 2.00 e. The Hall–Kier alpha value is -4.54. The zero-order chi connectivity index (χ0) is 39.0. The van der Waals surface area contributed by atoms with E-state index in [9.17, 15) is 14.4 Å². The van der Waals surface area contributed by atoms with Gasteiger partial charge in [-0.2, -0.15) is 0 Å². The Morgan fingerprint density at radius 3 is 0.469 bits per heavy atom. The average Bonchev–Trinajstić information content (AvgIpc) is 2.62. The molecule has 0 atom stereocenters. The van der Waals surface area contributed by atoms with Gasteiger partial charge in [0.1, 0.15) is 0 Å². The fraction of sp³-hybridized carbons (Fsp3) is 0. The normalized spacial score (nSPS) is 6.31. The van der Waals surface area contributed by atoms with Crippen molar-refractivity contribution in [2.24, 2.45) is 0 Å². The number of carbonyl (C=O) groups is 11. The van der Waals surface area contributed by atoms with Crippen LogP contribution >= 0.6 is 8.60 Å². The monoisotopic (exact) mass is 881 g/mol. The van der Waals surface area contributed by atoms with Crippen LogP contribution in [0.2, 0.25) is 0 Å². The van der Waals surface area contributed by atoms with Gasteiger partial charge in [-0.25, -0.2) is 33.6 Å². The van der Waals surface area contributed by atoms with E-state index in [0.717, 1.165) is 0 Å². The van der Waals surface area contributed by atoms with E-state index in [1.165, 1.54) is 0 Å². The number of rotatable bonds is 3. The molecule has 0 fully saturated rings. The Kier molecular flexibility index (Phi) is 114. The standard InChI is InChI=1S/C3H3O9P.8CH2O3.Ca.Fe.Mg.Mn/c4-1(5)10-13(11-2(6)7)12-3(8)9;8*2-1(3)4;;;;/h(H,4,5)(H,6,7)(H,8,9);8*(H2,2,3,4);;;;/q;;;;;;;;;+2;;+2;/p-4. The topological polar surface area (TPSA) is 611 Å². The molecular formula is C11H15CaFeMgMnO33P. The van der Waals surface area contributed by atoms with E-state index >= 15 is 0 Å². The maximum absolute atomic E-state index is 9.82. The van der Waals surface area contributed by atoms with Crippen LogP contribution in [0.25, 0.3) is 0 Å². The van der Waals surface area contributed by atoms with Crippen molar-refractivity contribution >= 4 is 137 Å². The molecule has 0 aromatic heterocycles. The molecule has 38 heteroatoms. The van der Waals surface area contributed by atoms with Gasteiger partial charge in [-0.3, -0.25) is 0 Å². The van der Waals surface area contributed by atoms with Gasteiger partial charge in [0.25, 0.3) is 0 Å². The van der Waals surface area contributed by atoms with Crippen LogP contribution in [-0.4, -0.2) is 205 Å². The zero-order valence-corrected chi connectivity index (χ0v) is 29.0. The molecule has 0 heterocycles. The summed E-state index contributed by atoms with van der Waals surface area (Å²) in [5.41, 5.74) is 0. The van der Waals surface area contributed by atoms with Crippen LogP contribution in [0.1, 0.15) is 0 Å². The van der Waals surface area contributed by atoms with Crippen molar-refractivity contribution in [3.63, 3.8) is 0 Å². The maximum atomic E-state index is 9.82. The van der Waals surface area contributed by atoms with Crippen molar-refractivity contribution in [2.45, 2.75) is 0 Å². The number of hydrogen-bond acceptors (Lipinski definition) is 18. The molecule has 0 rings (SSSR count). The Bertz CT molecular complexity index is 701. The van der Waals surface area contributed by atoms with Crippen LogP contribution in [0.5, 0.6) is 0 Å². The Labute approximate surface area is 332 Å². The third kappa shape index (κ3) is 1340. The van der Waals surface area contributed by atoms with Gasteiger partial charge in [0.05, 0.1) is 0 Å². The summed E-state index contributed by atoms with van der Waals surface area (Å²) in [5, 5.41) is 141. The van der Waals surface area contributed by atoms with Gasteiger partial charge in [0, 0.05) is 34.1 Å². The second kappa shape index (κ2) is 66.0. The Morgan fingerprint density at radius 1 is 0.367 bits per heavy atom. The van der Waals surface area contributed by atoms with E-state index in [2.05, 4.69) is 13.6 Å². The minimum atomic E-state index is -2.98. The first kappa shape index (κ1) is 84.8. The quantitative estimate of drug-likeness (QED) is 0.0990. The van der Waals surface area contributed by atoms with Crippen molar-refractivity contribution in [3.8, 4) is 0 Å². The first-order chi connectivity index (χ1) is 19.8. The molecule has 33 nitrogen and oxygen atoms in total. The van der Waals surface area contributed by atoms with Gasteiger partial charge in [-0.15, -0.1) is 0 Å². The molecule has 0 unspecified atom stereocenters. The van der Waals surface area contributed by atoms with Gasteiger partial charge >= 0.3 is 112 Å². The molecule has 0 aromatic carbocycles. The van der Waals surface area contributed by atoms with Gasteiger partial charge in [0.15, 0.2) is 0 Å². The molecule has 0 saturated carbocycles. The molecule has 1 radical (unpaired) electrons. The molecule has 15 N–H and O–H groups in total. The minimum absolute atomic E-state index is 0. The zero-order valence-electron chi connectivity index (χ0n) is 22.1. The Balaban J connectivity index is -0.0000000284. The summed E-state index contributed by atoms with van der Waals surface area (Å²) in [6.45, 7) is 0. The smallest absolute Gasteiger partial charge is 0.565 e. The molecule has 0 spiro atoms. The van der Waals surface area contributed by atoms with Gasteiger partial charge in [-0.05, 0) is 0 Å².